The number of hydrogen-bond acceptors (Lipinski definition) is 2. The Morgan fingerprint density at radius 2 is 1.90 bits per heavy atom. The first-order valence-corrected chi connectivity index (χ1v) is 6.97. The second-order valence-corrected chi connectivity index (χ2v) is 5.52. The largest absolute Gasteiger partial charge is 0.343 e. The monoisotopic (exact) mass is 320 g/mol. The van der Waals surface area contributed by atoms with Gasteiger partial charge in [0.1, 0.15) is 0 Å². The van der Waals surface area contributed by atoms with Gasteiger partial charge in [-0.05, 0) is 35.9 Å². The van der Waals surface area contributed by atoms with Crippen LogP contribution in [0.25, 0.3) is 10.9 Å². The molecule has 3 aromatic rings. The summed E-state index contributed by atoms with van der Waals surface area (Å²) in [5, 5.41) is 12.9. The Labute approximate surface area is 130 Å². The van der Waals surface area contributed by atoms with E-state index >= 15 is 0 Å². The zero-order valence-corrected chi connectivity index (χ0v) is 12.3. The molecule has 0 radical (unpaired) electrons. The smallest absolute Gasteiger partial charge is 0.270 e. The molecule has 0 N–H and O–H groups in total. The van der Waals surface area contributed by atoms with Crippen molar-refractivity contribution >= 4 is 39.8 Å². The highest BCUT2D eigenvalue weighted by Crippen LogP contribution is 2.25. The van der Waals surface area contributed by atoms with Crippen LogP contribution < -0.4 is 0 Å². The standard InChI is InChI=1S/C15H10Cl2N2O2/c16-12-1-3-14(17)11(7-12)9-18-6-5-10-8-13(19(20)21)2-4-15(10)18/h1-8H,9H2. The summed E-state index contributed by atoms with van der Waals surface area (Å²) in [5.74, 6) is 0. The van der Waals surface area contributed by atoms with Crippen LogP contribution >= 0.6 is 23.2 Å². The molecule has 3 rings (SSSR count). The Hall–Kier alpha value is -2.04. The summed E-state index contributed by atoms with van der Waals surface area (Å²) >= 11 is 12.2. The van der Waals surface area contributed by atoms with Crippen LogP contribution in [0.3, 0.4) is 0 Å². The molecular formula is C15H10Cl2N2O2. The molecule has 106 valence electrons. The fourth-order valence-corrected chi connectivity index (χ4v) is 2.66. The molecule has 6 heteroatoms. The zero-order chi connectivity index (χ0) is 15.0. The minimum Gasteiger partial charge on any atom is -0.343 e. The number of nitro benzene ring substituents is 1. The molecular weight excluding hydrogens is 311 g/mol. The lowest BCUT2D eigenvalue weighted by atomic mass is 10.2. The minimum atomic E-state index is -0.398. The van der Waals surface area contributed by atoms with Crippen molar-refractivity contribution in [3.8, 4) is 0 Å². The first-order valence-electron chi connectivity index (χ1n) is 6.22. The minimum absolute atomic E-state index is 0.0843. The van der Waals surface area contributed by atoms with Gasteiger partial charge in [-0.2, -0.15) is 0 Å². The van der Waals surface area contributed by atoms with Crippen molar-refractivity contribution in [1.29, 1.82) is 0 Å². The topological polar surface area (TPSA) is 48.1 Å². The summed E-state index contributed by atoms with van der Waals surface area (Å²) < 4.78 is 1.98. The Balaban J connectivity index is 2.01. The van der Waals surface area contributed by atoms with Gasteiger partial charge in [-0.15, -0.1) is 0 Å². The highest BCUT2D eigenvalue weighted by molar-refractivity contribution is 6.33. The van der Waals surface area contributed by atoms with Gasteiger partial charge in [0.25, 0.3) is 5.69 Å². The average molecular weight is 321 g/mol. The van der Waals surface area contributed by atoms with Crippen molar-refractivity contribution in [2.75, 3.05) is 0 Å². The van der Waals surface area contributed by atoms with E-state index in [9.17, 15) is 10.1 Å². The molecule has 21 heavy (non-hydrogen) atoms. The van der Waals surface area contributed by atoms with Crippen LogP contribution in [0.4, 0.5) is 5.69 Å². The molecule has 0 saturated carbocycles. The number of nitro groups is 1. The summed E-state index contributed by atoms with van der Waals surface area (Å²) in [5.41, 5.74) is 1.90. The van der Waals surface area contributed by atoms with Crippen LogP contribution in [0.2, 0.25) is 10.0 Å². The van der Waals surface area contributed by atoms with E-state index in [2.05, 4.69) is 0 Å². The number of rotatable bonds is 3. The molecule has 0 fully saturated rings. The fraction of sp³-hybridized carbons (Fsp3) is 0.0667. The summed E-state index contributed by atoms with van der Waals surface area (Å²) in [4.78, 5) is 10.4. The van der Waals surface area contributed by atoms with E-state index in [4.69, 9.17) is 23.2 Å². The molecule has 1 heterocycles. The quantitative estimate of drug-likeness (QED) is 0.508. The van der Waals surface area contributed by atoms with Gasteiger partial charge in [-0.3, -0.25) is 10.1 Å². The van der Waals surface area contributed by atoms with Gasteiger partial charge in [0.15, 0.2) is 0 Å². The number of aromatic nitrogens is 1. The number of fused-ring (bicyclic) bond motifs is 1. The van der Waals surface area contributed by atoms with Crippen LogP contribution in [0.15, 0.2) is 48.7 Å². The number of hydrogen-bond donors (Lipinski definition) is 0. The maximum Gasteiger partial charge on any atom is 0.270 e. The molecule has 0 bridgehead atoms. The number of benzene rings is 2. The van der Waals surface area contributed by atoms with E-state index in [1.165, 1.54) is 6.07 Å². The summed E-state index contributed by atoms with van der Waals surface area (Å²) in [6, 6.07) is 12.0. The van der Waals surface area contributed by atoms with Crippen LogP contribution in [-0.2, 0) is 6.54 Å². The normalized spacial score (nSPS) is 11.0. The molecule has 1 aromatic heterocycles. The molecule has 0 aliphatic heterocycles. The van der Waals surface area contributed by atoms with Gasteiger partial charge >= 0.3 is 0 Å². The Bertz CT molecular complexity index is 843. The van der Waals surface area contributed by atoms with Crippen molar-refractivity contribution < 1.29 is 4.92 Å². The first kappa shape index (κ1) is 13.9. The summed E-state index contributed by atoms with van der Waals surface area (Å²) in [6.07, 6.45) is 1.88. The molecule has 2 aromatic carbocycles. The van der Waals surface area contributed by atoms with Crippen molar-refractivity contribution in [2.45, 2.75) is 6.54 Å². The third-order valence-corrected chi connectivity index (χ3v) is 3.92. The van der Waals surface area contributed by atoms with Gasteiger partial charge in [0.2, 0.25) is 0 Å². The fourth-order valence-electron chi connectivity index (χ4n) is 2.29. The maximum absolute atomic E-state index is 10.8. The van der Waals surface area contributed by atoms with Gasteiger partial charge in [-0.1, -0.05) is 23.2 Å². The van der Waals surface area contributed by atoms with E-state index in [1.54, 1.807) is 24.3 Å². The lowest BCUT2D eigenvalue weighted by Crippen LogP contribution is -1.98. The summed E-state index contributed by atoms with van der Waals surface area (Å²) in [6.45, 7) is 0.556. The van der Waals surface area contributed by atoms with Crippen molar-refractivity contribution in [3.63, 3.8) is 0 Å². The third kappa shape index (κ3) is 2.73. The third-order valence-electron chi connectivity index (χ3n) is 3.31. The zero-order valence-electron chi connectivity index (χ0n) is 10.8. The number of halogens is 2. The molecule has 0 amide bonds. The second kappa shape index (κ2) is 5.39. The van der Waals surface area contributed by atoms with Gasteiger partial charge < -0.3 is 4.57 Å². The van der Waals surface area contributed by atoms with Crippen molar-refractivity contribution in [3.05, 3.63) is 74.4 Å². The van der Waals surface area contributed by atoms with E-state index < -0.39 is 4.92 Å². The maximum atomic E-state index is 10.8. The molecule has 0 saturated heterocycles. The van der Waals surface area contributed by atoms with Crippen LogP contribution in [0.5, 0.6) is 0 Å². The SMILES string of the molecule is O=[N+]([O-])c1ccc2c(ccn2Cc2cc(Cl)ccc2Cl)c1. The Morgan fingerprint density at radius 1 is 1.10 bits per heavy atom. The van der Waals surface area contributed by atoms with Crippen molar-refractivity contribution in [1.82, 2.24) is 4.57 Å². The molecule has 4 nitrogen and oxygen atoms in total. The predicted octanol–water partition coefficient (Wildman–Crippen LogP) is 4.90. The lowest BCUT2D eigenvalue weighted by Gasteiger charge is -2.08. The van der Waals surface area contributed by atoms with E-state index in [0.717, 1.165) is 16.5 Å². The number of nitrogens with zero attached hydrogens (tertiary/aromatic N) is 2. The molecule has 0 aliphatic carbocycles. The Kier molecular flexibility index (Phi) is 3.57. The lowest BCUT2D eigenvalue weighted by molar-refractivity contribution is -0.384. The van der Waals surface area contributed by atoms with Gasteiger partial charge in [-0.25, -0.2) is 0 Å². The van der Waals surface area contributed by atoms with E-state index in [-0.39, 0.29) is 5.69 Å². The molecule has 0 aliphatic rings. The van der Waals surface area contributed by atoms with E-state index in [1.807, 2.05) is 22.9 Å². The molecule has 0 atom stereocenters. The van der Waals surface area contributed by atoms with E-state index in [0.29, 0.717) is 16.6 Å². The van der Waals surface area contributed by atoms with Gasteiger partial charge in [0.05, 0.1) is 4.92 Å². The first-order chi connectivity index (χ1) is 10.0. The Morgan fingerprint density at radius 3 is 2.67 bits per heavy atom. The van der Waals surface area contributed by atoms with Crippen LogP contribution in [-0.4, -0.2) is 9.49 Å². The average Bonchev–Trinajstić information content (AvgIpc) is 2.85. The molecule has 0 spiro atoms. The van der Waals surface area contributed by atoms with Gasteiger partial charge in [0, 0.05) is 45.8 Å². The second-order valence-electron chi connectivity index (χ2n) is 4.68. The van der Waals surface area contributed by atoms with Crippen LogP contribution in [0, 0.1) is 10.1 Å². The highest BCUT2D eigenvalue weighted by Gasteiger charge is 2.10. The van der Waals surface area contributed by atoms with Crippen LogP contribution in [0.1, 0.15) is 5.56 Å². The highest BCUT2D eigenvalue weighted by atomic mass is 35.5. The predicted molar refractivity (Wildman–Crippen MR) is 84.2 cm³/mol. The van der Waals surface area contributed by atoms with Crippen molar-refractivity contribution in [2.24, 2.45) is 0 Å². The molecule has 0 unspecified atom stereocenters. The number of non-ortho nitro benzene ring substituents is 1. The summed E-state index contributed by atoms with van der Waals surface area (Å²) in [7, 11) is 0.